The number of hydrogen-bond donors (Lipinski definition) is 1. The second-order valence-corrected chi connectivity index (χ2v) is 5.88. The summed E-state index contributed by atoms with van der Waals surface area (Å²) in [6.07, 6.45) is 3.10. The lowest BCUT2D eigenvalue weighted by molar-refractivity contribution is -0.135. The Morgan fingerprint density at radius 1 is 1.32 bits per heavy atom. The van der Waals surface area contributed by atoms with Crippen LogP contribution in [0.1, 0.15) is 26.2 Å². The van der Waals surface area contributed by atoms with E-state index in [0.717, 1.165) is 37.3 Å². The highest BCUT2D eigenvalue weighted by Gasteiger charge is 2.29. The number of ether oxygens (including phenoxy) is 2. The van der Waals surface area contributed by atoms with E-state index >= 15 is 0 Å². The first-order chi connectivity index (χ1) is 10.8. The Balaban J connectivity index is 1.60. The van der Waals surface area contributed by atoms with Crippen LogP contribution in [-0.4, -0.2) is 49.2 Å². The summed E-state index contributed by atoms with van der Waals surface area (Å²) in [5.41, 5.74) is 0. The van der Waals surface area contributed by atoms with Crippen LogP contribution in [0.3, 0.4) is 0 Å². The number of benzene rings is 1. The van der Waals surface area contributed by atoms with E-state index in [1.165, 1.54) is 0 Å². The van der Waals surface area contributed by atoms with Crippen LogP contribution in [-0.2, 0) is 4.79 Å². The Kier molecular flexibility index (Phi) is 4.83. The summed E-state index contributed by atoms with van der Waals surface area (Å²) in [4.78, 5) is 14.5. The van der Waals surface area contributed by atoms with Gasteiger partial charge in [0.15, 0.2) is 17.6 Å². The predicted octanol–water partition coefficient (Wildman–Crippen LogP) is 1.82. The largest absolute Gasteiger partial charge is 0.486 e. The summed E-state index contributed by atoms with van der Waals surface area (Å²) in [5.74, 6) is 1.73. The number of nitrogens with one attached hydrogen (secondary N) is 1. The number of likely N-dealkylation sites (N-methyl/N-ethyl adjacent to an activating group) is 1. The van der Waals surface area contributed by atoms with Gasteiger partial charge in [0.05, 0.1) is 12.6 Å². The third-order valence-electron chi connectivity index (χ3n) is 4.29. The zero-order chi connectivity index (χ0) is 15.4. The molecule has 1 unspecified atom stereocenters. The molecule has 2 aliphatic heterocycles. The van der Waals surface area contributed by atoms with Crippen LogP contribution in [0.5, 0.6) is 11.5 Å². The number of hydrogen-bond acceptors (Lipinski definition) is 4. The summed E-state index contributed by atoms with van der Waals surface area (Å²) in [6, 6.07) is 7.63. The van der Waals surface area contributed by atoms with Gasteiger partial charge in [-0.3, -0.25) is 4.79 Å². The molecule has 1 aromatic carbocycles. The first-order valence-electron chi connectivity index (χ1n) is 8.18. The fourth-order valence-corrected chi connectivity index (χ4v) is 3.06. The van der Waals surface area contributed by atoms with Crippen molar-refractivity contribution in [3.05, 3.63) is 24.3 Å². The number of fused-ring (bicyclic) bond motifs is 1. The molecule has 1 N–H and O–H groups in total. The maximum atomic E-state index is 12.6. The molecule has 2 heterocycles. The van der Waals surface area contributed by atoms with Gasteiger partial charge in [0.25, 0.3) is 0 Å². The number of rotatable bonds is 4. The minimum Gasteiger partial charge on any atom is -0.486 e. The van der Waals surface area contributed by atoms with Crippen LogP contribution >= 0.6 is 0 Å². The molecule has 2 atom stereocenters. The van der Waals surface area contributed by atoms with Crippen LogP contribution in [0.4, 0.5) is 0 Å². The summed E-state index contributed by atoms with van der Waals surface area (Å²) in [5, 5.41) is 3.32. The van der Waals surface area contributed by atoms with E-state index in [1.807, 2.05) is 36.1 Å². The van der Waals surface area contributed by atoms with Gasteiger partial charge in [0, 0.05) is 6.54 Å². The first-order valence-corrected chi connectivity index (χ1v) is 8.18. The Morgan fingerprint density at radius 3 is 2.86 bits per heavy atom. The van der Waals surface area contributed by atoms with Gasteiger partial charge in [0.1, 0.15) is 6.61 Å². The van der Waals surface area contributed by atoms with Gasteiger partial charge in [-0.1, -0.05) is 18.6 Å². The SMILES string of the molecule is CCN(CC1COc2ccccc2O1)C(=O)[C@@H]1CCCCN1. The van der Waals surface area contributed by atoms with Crippen molar-refractivity contribution in [2.45, 2.75) is 38.3 Å². The van der Waals surface area contributed by atoms with E-state index < -0.39 is 0 Å². The van der Waals surface area contributed by atoms with Crippen molar-refractivity contribution >= 4 is 5.91 Å². The Hall–Kier alpha value is -1.75. The minimum atomic E-state index is -0.109. The monoisotopic (exact) mass is 304 g/mol. The number of amides is 1. The van der Waals surface area contributed by atoms with E-state index in [1.54, 1.807) is 0 Å². The van der Waals surface area contributed by atoms with Crippen molar-refractivity contribution in [3.63, 3.8) is 0 Å². The molecule has 1 aromatic rings. The highest BCUT2D eigenvalue weighted by Crippen LogP contribution is 2.31. The maximum absolute atomic E-state index is 12.6. The predicted molar refractivity (Wildman–Crippen MR) is 84.2 cm³/mol. The molecule has 1 fully saturated rings. The third kappa shape index (κ3) is 3.35. The number of carbonyl (C=O) groups excluding carboxylic acids is 1. The van der Waals surface area contributed by atoms with Crippen LogP contribution in [0.25, 0.3) is 0 Å². The molecule has 5 nitrogen and oxygen atoms in total. The minimum absolute atomic E-state index is 0.0366. The van der Waals surface area contributed by atoms with E-state index in [2.05, 4.69) is 5.32 Å². The summed E-state index contributed by atoms with van der Waals surface area (Å²) < 4.78 is 11.7. The molecule has 0 bridgehead atoms. The lowest BCUT2D eigenvalue weighted by atomic mass is 10.0. The van der Waals surface area contributed by atoms with Crippen molar-refractivity contribution in [2.75, 3.05) is 26.2 Å². The van der Waals surface area contributed by atoms with Gasteiger partial charge in [0.2, 0.25) is 5.91 Å². The van der Waals surface area contributed by atoms with Gasteiger partial charge < -0.3 is 19.7 Å². The van der Waals surface area contributed by atoms with Crippen LogP contribution in [0.15, 0.2) is 24.3 Å². The van der Waals surface area contributed by atoms with Gasteiger partial charge >= 0.3 is 0 Å². The lowest BCUT2D eigenvalue weighted by Gasteiger charge is -2.33. The molecule has 1 saturated heterocycles. The molecule has 2 aliphatic rings. The molecular formula is C17H24N2O3. The van der Waals surface area contributed by atoms with Crippen molar-refractivity contribution in [1.29, 1.82) is 0 Å². The second kappa shape index (κ2) is 7.01. The topological polar surface area (TPSA) is 50.8 Å². The number of nitrogens with zero attached hydrogens (tertiary/aromatic N) is 1. The molecule has 22 heavy (non-hydrogen) atoms. The summed E-state index contributed by atoms with van der Waals surface area (Å²) in [6.45, 7) is 4.70. The zero-order valence-corrected chi connectivity index (χ0v) is 13.1. The first kappa shape index (κ1) is 15.2. The molecular weight excluding hydrogens is 280 g/mol. The number of carbonyl (C=O) groups is 1. The van der Waals surface area contributed by atoms with Gasteiger partial charge in [-0.15, -0.1) is 0 Å². The molecule has 0 spiro atoms. The molecule has 3 rings (SSSR count). The Bertz CT molecular complexity index is 514. The van der Waals surface area contributed by atoms with Gasteiger partial charge in [-0.2, -0.15) is 0 Å². The van der Waals surface area contributed by atoms with E-state index in [9.17, 15) is 4.79 Å². The smallest absolute Gasteiger partial charge is 0.239 e. The number of para-hydroxylation sites is 2. The van der Waals surface area contributed by atoms with Crippen LogP contribution in [0, 0.1) is 0 Å². The zero-order valence-electron chi connectivity index (χ0n) is 13.1. The number of piperidine rings is 1. The average molecular weight is 304 g/mol. The highest BCUT2D eigenvalue weighted by molar-refractivity contribution is 5.82. The molecule has 0 aliphatic carbocycles. The Labute approximate surface area is 131 Å². The third-order valence-corrected chi connectivity index (χ3v) is 4.29. The van der Waals surface area contributed by atoms with E-state index in [0.29, 0.717) is 19.7 Å². The fourth-order valence-electron chi connectivity index (χ4n) is 3.06. The molecule has 0 aromatic heterocycles. The second-order valence-electron chi connectivity index (χ2n) is 5.88. The molecule has 5 heteroatoms. The lowest BCUT2D eigenvalue weighted by Crippen LogP contribution is -2.52. The molecule has 0 radical (unpaired) electrons. The molecule has 0 saturated carbocycles. The van der Waals surface area contributed by atoms with Gasteiger partial charge in [-0.05, 0) is 38.4 Å². The Morgan fingerprint density at radius 2 is 2.14 bits per heavy atom. The van der Waals surface area contributed by atoms with Gasteiger partial charge in [-0.25, -0.2) is 0 Å². The highest BCUT2D eigenvalue weighted by atomic mass is 16.6. The normalized spacial score (nSPS) is 23.9. The van der Waals surface area contributed by atoms with E-state index in [4.69, 9.17) is 9.47 Å². The standard InChI is InChI=1S/C17H24N2O3/c1-2-19(17(20)14-7-5-6-10-18-14)11-13-12-21-15-8-3-4-9-16(15)22-13/h3-4,8-9,13-14,18H,2,5-7,10-12H2,1H3/t13?,14-/m0/s1. The maximum Gasteiger partial charge on any atom is 0.239 e. The van der Waals surface area contributed by atoms with Crippen LogP contribution < -0.4 is 14.8 Å². The van der Waals surface area contributed by atoms with Crippen molar-refractivity contribution in [3.8, 4) is 11.5 Å². The molecule has 1 amide bonds. The average Bonchev–Trinajstić information content (AvgIpc) is 2.59. The quantitative estimate of drug-likeness (QED) is 0.922. The van der Waals surface area contributed by atoms with Crippen molar-refractivity contribution < 1.29 is 14.3 Å². The van der Waals surface area contributed by atoms with Crippen LogP contribution in [0.2, 0.25) is 0 Å². The van der Waals surface area contributed by atoms with E-state index in [-0.39, 0.29) is 18.1 Å². The van der Waals surface area contributed by atoms with Crippen molar-refractivity contribution in [1.82, 2.24) is 10.2 Å². The fraction of sp³-hybridized carbons (Fsp3) is 0.588. The summed E-state index contributed by atoms with van der Waals surface area (Å²) in [7, 11) is 0. The van der Waals surface area contributed by atoms with Crippen molar-refractivity contribution in [2.24, 2.45) is 0 Å². The summed E-state index contributed by atoms with van der Waals surface area (Å²) >= 11 is 0. The molecule has 120 valence electrons.